The van der Waals surface area contributed by atoms with E-state index in [-0.39, 0.29) is 11.8 Å². The van der Waals surface area contributed by atoms with Gasteiger partial charge in [0.25, 0.3) is 5.91 Å². The molecule has 0 saturated carbocycles. The Labute approximate surface area is 129 Å². The number of aromatic nitrogens is 1. The van der Waals surface area contributed by atoms with Crippen molar-refractivity contribution in [3.8, 4) is 0 Å². The second-order valence-electron chi connectivity index (χ2n) is 4.90. The van der Waals surface area contributed by atoms with Crippen molar-refractivity contribution in [2.75, 3.05) is 10.6 Å². The smallest absolute Gasteiger partial charge is 0.256 e. The van der Waals surface area contributed by atoms with Gasteiger partial charge in [0.1, 0.15) is 5.82 Å². The molecular formula is C17H19N3O2. The van der Waals surface area contributed by atoms with Gasteiger partial charge in [0.15, 0.2) is 0 Å². The minimum Gasteiger partial charge on any atom is -0.325 e. The monoisotopic (exact) mass is 297 g/mol. The molecule has 0 saturated heterocycles. The van der Waals surface area contributed by atoms with Crippen molar-refractivity contribution in [2.24, 2.45) is 0 Å². The van der Waals surface area contributed by atoms with Crippen LogP contribution in [-0.4, -0.2) is 16.8 Å². The first kappa shape index (κ1) is 15.7. The lowest BCUT2D eigenvalue weighted by atomic mass is 10.2. The molecule has 2 amide bonds. The number of carbonyl (C=O) groups excluding carboxylic acids is 2. The number of hydrogen-bond donors (Lipinski definition) is 2. The Morgan fingerprint density at radius 3 is 2.45 bits per heavy atom. The maximum Gasteiger partial charge on any atom is 0.256 e. The highest BCUT2D eigenvalue weighted by atomic mass is 16.2. The van der Waals surface area contributed by atoms with E-state index in [4.69, 9.17) is 0 Å². The third kappa shape index (κ3) is 4.70. The maximum absolute atomic E-state index is 12.0. The van der Waals surface area contributed by atoms with Gasteiger partial charge < -0.3 is 10.6 Å². The zero-order valence-corrected chi connectivity index (χ0v) is 12.5. The van der Waals surface area contributed by atoms with Crippen molar-refractivity contribution in [1.82, 2.24) is 4.98 Å². The number of benzene rings is 1. The Hall–Kier alpha value is -2.69. The lowest BCUT2D eigenvalue weighted by molar-refractivity contribution is -0.116. The van der Waals surface area contributed by atoms with Gasteiger partial charge in [-0.15, -0.1) is 0 Å². The quantitative estimate of drug-likeness (QED) is 0.857. The molecule has 0 aliphatic rings. The van der Waals surface area contributed by atoms with Crippen molar-refractivity contribution in [1.29, 1.82) is 0 Å². The van der Waals surface area contributed by atoms with E-state index < -0.39 is 0 Å². The first-order chi connectivity index (χ1) is 10.7. The molecule has 22 heavy (non-hydrogen) atoms. The third-order valence-corrected chi connectivity index (χ3v) is 3.08. The van der Waals surface area contributed by atoms with Gasteiger partial charge in [-0.1, -0.05) is 31.5 Å². The van der Waals surface area contributed by atoms with Crippen LogP contribution in [0.4, 0.5) is 11.5 Å². The van der Waals surface area contributed by atoms with Crippen LogP contribution in [-0.2, 0) is 4.79 Å². The molecule has 0 spiro atoms. The molecular weight excluding hydrogens is 278 g/mol. The zero-order chi connectivity index (χ0) is 15.8. The number of nitrogens with zero attached hydrogens (tertiary/aromatic N) is 1. The van der Waals surface area contributed by atoms with E-state index in [1.54, 1.807) is 36.4 Å². The second-order valence-corrected chi connectivity index (χ2v) is 4.90. The molecule has 2 aromatic rings. The highest BCUT2D eigenvalue weighted by Gasteiger charge is 2.06. The molecule has 0 aliphatic heterocycles. The van der Waals surface area contributed by atoms with Gasteiger partial charge in [-0.2, -0.15) is 0 Å². The van der Waals surface area contributed by atoms with Crippen LogP contribution in [0.5, 0.6) is 0 Å². The first-order valence-electron chi connectivity index (χ1n) is 7.31. The topological polar surface area (TPSA) is 71.1 Å². The molecule has 5 nitrogen and oxygen atoms in total. The predicted molar refractivity (Wildman–Crippen MR) is 86.8 cm³/mol. The number of anilines is 2. The fourth-order valence-electron chi connectivity index (χ4n) is 1.88. The number of pyridine rings is 1. The molecule has 0 atom stereocenters. The lowest BCUT2D eigenvalue weighted by Crippen LogP contribution is -2.14. The molecule has 5 heteroatoms. The zero-order valence-electron chi connectivity index (χ0n) is 12.5. The summed E-state index contributed by atoms with van der Waals surface area (Å²) < 4.78 is 0. The van der Waals surface area contributed by atoms with E-state index in [1.807, 2.05) is 13.0 Å². The van der Waals surface area contributed by atoms with Crippen molar-refractivity contribution >= 4 is 23.3 Å². The van der Waals surface area contributed by atoms with Gasteiger partial charge >= 0.3 is 0 Å². The van der Waals surface area contributed by atoms with Crippen LogP contribution < -0.4 is 10.6 Å². The molecule has 1 heterocycles. The number of rotatable bonds is 6. The van der Waals surface area contributed by atoms with Crippen LogP contribution in [0.25, 0.3) is 0 Å². The molecule has 2 N–H and O–H groups in total. The molecule has 0 aliphatic carbocycles. The molecule has 0 fully saturated rings. The highest BCUT2D eigenvalue weighted by molar-refractivity contribution is 6.03. The highest BCUT2D eigenvalue weighted by Crippen LogP contribution is 2.12. The van der Waals surface area contributed by atoms with Crippen LogP contribution in [0.2, 0.25) is 0 Å². The molecule has 1 aromatic carbocycles. The summed E-state index contributed by atoms with van der Waals surface area (Å²) in [6.45, 7) is 2.04. The van der Waals surface area contributed by atoms with Crippen molar-refractivity contribution in [3.05, 3.63) is 54.2 Å². The molecule has 1 aromatic heterocycles. The number of unbranched alkanes of at least 4 members (excludes halogenated alkanes) is 1. The van der Waals surface area contributed by atoms with Crippen molar-refractivity contribution in [3.63, 3.8) is 0 Å². The van der Waals surface area contributed by atoms with Crippen LogP contribution in [0.3, 0.4) is 0 Å². The Kier molecular flexibility index (Phi) is 5.65. The van der Waals surface area contributed by atoms with Gasteiger partial charge in [-0.25, -0.2) is 4.98 Å². The summed E-state index contributed by atoms with van der Waals surface area (Å²) in [7, 11) is 0. The summed E-state index contributed by atoms with van der Waals surface area (Å²) in [5.41, 5.74) is 1.19. The molecule has 0 bridgehead atoms. The largest absolute Gasteiger partial charge is 0.325 e. The van der Waals surface area contributed by atoms with Crippen molar-refractivity contribution < 1.29 is 9.59 Å². The SMILES string of the molecule is CCCCC(=O)Nc1ccc(NC(=O)c2ccccc2)nc1. The van der Waals surface area contributed by atoms with Crippen LogP contribution in [0.15, 0.2) is 48.7 Å². The molecule has 114 valence electrons. The van der Waals surface area contributed by atoms with E-state index in [9.17, 15) is 9.59 Å². The van der Waals surface area contributed by atoms with Gasteiger partial charge in [0.2, 0.25) is 5.91 Å². The summed E-state index contributed by atoms with van der Waals surface area (Å²) in [6, 6.07) is 12.3. The standard InChI is InChI=1S/C17H19N3O2/c1-2-3-9-16(21)19-14-10-11-15(18-12-14)20-17(22)13-7-5-4-6-8-13/h4-8,10-12H,2-3,9H2,1H3,(H,19,21)(H,18,20,22). The Morgan fingerprint density at radius 1 is 1.05 bits per heavy atom. The summed E-state index contributed by atoms with van der Waals surface area (Å²) in [5, 5.41) is 5.49. The van der Waals surface area contributed by atoms with E-state index in [0.717, 1.165) is 12.8 Å². The summed E-state index contributed by atoms with van der Waals surface area (Å²) in [4.78, 5) is 27.7. The summed E-state index contributed by atoms with van der Waals surface area (Å²) in [6.07, 6.45) is 3.88. The molecule has 2 rings (SSSR count). The number of nitrogens with one attached hydrogen (secondary N) is 2. The Morgan fingerprint density at radius 2 is 1.82 bits per heavy atom. The summed E-state index contributed by atoms with van der Waals surface area (Å²) >= 11 is 0. The van der Waals surface area contributed by atoms with E-state index in [2.05, 4.69) is 15.6 Å². The number of amides is 2. The van der Waals surface area contributed by atoms with Gasteiger partial charge in [-0.05, 0) is 30.7 Å². The number of hydrogen-bond acceptors (Lipinski definition) is 3. The second kappa shape index (κ2) is 7.93. The average Bonchev–Trinajstić information content (AvgIpc) is 2.55. The van der Waals surface area contributed by atoms with Gasteiger partial charge in [0, 0.05) is 12.0 Å². The van der Waals surface area contributed by atoms with Crippen molar-refractivity contribution in [2.45, 2.75) is 26.2 Å². The molecule has 0 unspecified atom stereocenters. The first-order valence-corrected chi connectivity index (χ1v) is 7.31. The van der Waals surface area contributed by atoms with Crippen LogP contribution in [0, 0.1) is 0 Å². The average molecular weight is 297 g/mol. The predicted octanol–water partition coefficient (Wildman–Crippen LogP) is 3.46. The minimum atomic E-state index is -0.215. The van der Waals surface area contributed by atoms with Gasteiger partial charge in [0.05, 0.1) is 11.9 Å². The fraction of sp³-hybridized carbons (Fsp3) is 0.235. The summed E-state index contributed by atoms with van der Waals surface area (Å²) in [5.74, 6) is 0.206. The Balaban J connectivity index is 1.92. The van der Waals surface area contributed by atoms with E-state index in [0.29, 0.717) is 23.5 Å². The van der Waals surface area contributed by atoms with Gasteiger partial charge in [-0.3, -0.25) is 9.59 Å². The number of carbonyl (C=O) groups is 2. The lowest BCUT2D eigenvalue weighted by Gasteiger charge is -2.07. The van der Waals surface area contributed by atoms with Crippen LogP contribution in [0.1, 0.15) is 36.5 Å². The third-order valence-electron chi connectivity index (χ3n) is 3.08. The van der Waals surface area contributed by atoms with E-state index >= 15 is 0 Å². The van der Waals surface area contributed by atoms with Crippen LogP contribution >= 0.6 is 0 Å². The minimum absolute atomic E-state index is 0.0234. The fourth-order valence-corrected chi connectivity index (χ4v) is 1.88. The Bertz CT molecular complexity index is 624. The maximum atomic E-state index is 12.0. The van der Waals surface area contributed by atoms with E-state index in [1.165, 1.54) is 6.20 Å². The molecule has 0 radical (unpaired) electrons. The normalized spacial score (nSPS) is 10.0.